The van der Waals surface area contributed by atoms with Crippen LogP contribution in [0.5, 0.6) is 0 Å². The summed E-state index contributed by atoms with van der Waals surface area (Å²) in [6.45, 7) is 1.94. The lowest BCUT2D eigenvalue weighted by molar-refractivity contribution is -0.131. The van der Waals surface area contributed by atoms with Crippen molar-refractivity contribution in [2.24, 2.45) is 0 Å². The Kier molecular flexibility index (Phi) is 5.99. The van der Waals surface area contributed by atoms with Crippen molar-refractivity contribution in [3.63, 3.8) is 0 Å². The second-order valence-corrected chi connectivity index (χ2v) is 6.13. The summed E-state index contributed by atoms with van der Waals surface area (Å²) in [7, 11) is 1.75. The van der Waals surface area contributed by atoms with Crippen molar-refractivity contribution in [2.45, 2.75) is 25.8 Å². The third kappa shape index (κ3) is 4.36. The van der Waals surface area contributed by atoms with Gasteiger partial charge in [0.1, 0.15) is 0 Å². The molecule has 0 fully saturated rings. The molecule has 0 radical (unpaired) electrons. The van der Waals surface area contributed by atoms with Gasteiger partial charge in [0.05, 0.1) is 11.6 Å². The van der Waals surface area contributed by atoms with E-state index in [2.05, 4.69) is 0 Å². The van der Waals surface area contributed by atoms with Crippen molar-refractivity contribution in [2.75, 3.05) is 7.05 Å². The van der Waals surface area contributed by atoms with Crippen LogP contribution in [-0.4, -0.2) is 28.9 Å². The van der Waals surface area contributed by atoms with Crippen molar-refractivity contribution in [3.8, 4) is 0 Å². The third-order valence-corrected chi connectivity index (χ3v) is 4.40. The molecule has 0 aliphatic rings. The average molecular weight is 346 g/mol. The van der Waals surface area contributed by atoms with Gasteiger partial charge in [-0.15, -0.1) is 0 Å². The molecule has 1 atom stereocenters. The van der Waals surface area contributed by atoms with Crippen LogP contribution in [0.3, 0.4) is 0 Å². The van der Waals surface area contributed by atoms with E-state index in [-0.39, 0.29) is 23.9 Å². The summed E-state index contributed by atoms with van der Waals surface area (Å²) >= 11 is 6.00. The minimum atomic E-state index is -0.973. The van der Waals surface area contributed by atoms with Gasteiger partial charge in [0.2, 0.25) is 5.91 Å². The maximum Gasteiger partial charge on any atom is 0.335 e. The zero-order valence-electron chi connectivity index (χ0n) is 13.7. The summed E-state index contributed by atoms with van der Waals surface area (Å²) in [5, 5.41) is 9.83. The Balaban J connectivity index is 2.03. The number of carboxylic acid groups (broad SMARTS) is 1. The van der Waals surface area contributed by atoms with Gasteiger partial charge in [-0.3, -0.25) is 4.79 Å². The molecule has 5 heteroatoms. The molecule has 2 rings (SSSR count). The zero-order chi connectivity index (χ0) is 17.7. The molecule has 0 saturated heterocycles. The first-order valence-electron chi connectivity index (χ1n) is 7.72. The Morgan fingerprint density at radius 3 is 2.54 bits per heavy atom. The molecule has 2 aromatic rings. The first-order valence-corrected chi connectivity index (χ1v) is 8.10. The molecule has 0 heterocycles. The fourth-order valence-electron chi connectivity index (χ4n) is 2.57. The number of carbonyl (C=O) groups is 2. The van der Waals surface area contributed by atoms with Gasteiger partial charge in [-0.25, -0.2) is 4.79 Å². The van der Waals surface area contributed by atoms with E-state index in [9.17, 15) is 14.7 Å². The molecule has 24 heavy (non-hydrogen) atoms. The lowest BCUT2D eigenvalue weighted by Crippen LogP contribution is -2.29. The number of hydrogen-bond acceptors (Lipinski definition) is 2. The van der Waals surface area contributed by atoms with E-state index in [1.54, 1.807) is 42.3 Å². The summed E-state index contributed by atoms with van der Waals surface area (Å²) in [5.41, 5.74) is 1.88. The fraction of sp³-hybridized carbons (Fsp3) is 0.263. The molecular formula is C19H20ClNO3. The van der Waals surface area contributed by atoms with Crippen LogP contribution < -0.4 is 0 Å². The molecule has 0 saturated carbocycles. The maximum atomic E-state index is 12.4. The van der Waals surface area contributed by atoms with E-state index >= 15 is 0 Å². The van der Waals surface area contributed by atoms with E-state index in [0.29, 0.717) is 17.0 Å². The number of amides is 1. The predicted molar refractivity (Wildman–Crippen MR) is 94.4 cm³/mol. The number of aromatic carboxylic acids is 1. The van der Waals surface area contributed by atoms with E-state index < -0.39 is 5.97 Å². The van der Waals surface area contributed by atoms with Gasteiger partial charge in [0.25, 0.3) is 0 Å². The molecular weight excluding hydrogens is 326 g/mol. The monoisotopic (exact) mass is 345 g/mol. The van der Waals surface area contributed by atoms with Crippen LogP contribution in [0, 0.1) is 0 Å². The van der Waals surface area contributed by atoms with Crippen LogP contribution >= 0.6 is 11.6 Å². The number of benzene rings is 2. The molecule has 4 nitrogen and oxygen atoms in total. The normalized spacial score (nSPS) is 11.8. The van der Waals surface area contributed by atoms with Crippen LogP contribution in [0.2, 0.25) is 5.02 Å². The van der Waals surface area contributed by atoms with Gasteiger partial charge in [0, 0.05) is 18.5 Å². The summed E-state index contributed by atoms with van der Waals surface area (Å²) in [6.07, 6.45) is 0.652. The van der Waals surface area contributed by atoms with Gasteiger partial charge < -0.3 is 10.0 Å². The first-order chi connectivity index (χ1) is 11.4. The molecule has 1 unspecified atom stereocenters. The number of carbonyl (C=O) groups excluding carboxylic acids is 1. The van der Waals surface area contributed by atoms with Crippen LogP contribution in [0.4, 0.5) is 0 Å². The predicted octanol–water partition coefficient (Wildman–Crippen LogP) is 4.19. The summed E-state index contributed by atoms with van der Waals surface area (Å²) in [4.78, 5) is 25.3. The lowest BCUT2D eigenvalue weighted by atomic mass is 10.0. The Morgan fingerprint density at radius 1 is 1.17 bits per heavy atom. The Hall–Kier alpha value is -2.33. The topological polar surface area (TPSA) is 57.6 Å². The Morgan fingerprint density at radius 2 is 1.88 bits per heavy atom. The van der Waals surface area contributed by atoms with Crippen LogP contribution in [0.25, 0.3) is 0 Å². The average Bonchev–Trinajstić information content (AvgIpc) is 2.58. The minimum absolute atomic E-state index is 0.0392. The third-order valence-electron chi connectivity index (χ3n) is 4.16. The number of nitrogens with zero attached hydrogens (tertiary/aromatic N) is 1. The Bertz CT molecular complexity index is 745. The number of hydrogen-bond donors (Lipinski definition) is 1. The fourth-order valence-corrected chi connectivity index (χ4v) is 2.77. The maximum absolute atomic E-state index is 12.4. The highest BCUT2D eigenvalue weighted by molar-refractivity contribution is 6.30. The van der Waals surface area contributed by atoms with E-state index in [4.69, 9.17) is 11.6 Å². The summed E-state index contributed by atoms with van der Waals surface area (Å²) in [5.74, 6) is -1.01. The van der Waals surface area contributed by atoms with Crippen LogP contribution in [0.15, 0.2) is 48.5 Å². The number of halogens is 1. The largest absolute Gasteiger partial charge is 0.478 e. The first kappa shape index (κ1) is 18.0. The number of aryl methyl sites for hydroxylation is 1. The van der Waals surface area contributed by atoms with Gasteiger partial charge >= 0.3 is 5.97 Å². The van der Waals surface area contributed by atoms with Crippen molar-refractivity contribution in [3.05, 3.63) is 70.2 Å². The van der Waals surface area contributed by atoms with Gasteiger partial charge in [0.15, 0.2) is 0 Å². The molecule has 1 N–H and O–H groups in total. The minimum Gasteiger partial charge on any atom is -0.478 e. The van der Waals surface area contributed by atoms with Crippen molar-refractivity contribution < 1.29 is 14.7 Å². The number of carboxylic acids is 1. The summed E-state index contributed by atoms with van der Waals surface area (Å²) < 4.78 is 0. The quantitative estimate of drug-likeness (QED) is 0.854. The van der Waals surface area contributed by atoms with Crippen LogP contribution in [0.1, 0.15) is 40.9 Å². The molecule has 1 amide bonds. The highest BCUT2D eigenvalue weighted by Gasteiger charge is 2.18. The highest BCUT2D eigenvalue weighted by atomic mass is 35.5. The zero-order valence-corrected chi connectivity index (χ0v) is 14.5. The SMILES string of the molecule is CC(c1cccc(Cl)c1)N(C)C(=O)CCc1ccccc1C(=O)O. The van der Waals surface area contributed by atoms with Crippen molar-refractivity contribution in [1.82, 2.24) is 4.90 Å². The van der Waals surface area contributed by atoms with Crippen molar-refractivity contribution in [1.29, 1.82) is 0 Å². The highest BCUT2D eigenvalue weighted by Crippen LogP contribution is 2.23. The van der Waals surface area contributed by atoms with Gasteiger partial charge in [-0.2, -0.15) is 0 Å². The molecule has 2 aromatic carbocycles. The van der Waals surface area contributed by atoms with E-state index in [1.807, 2.05) is 25.1 Å². The number of rotatable bonds is 6. The van der Waals surface area contributed by atoms with Gasteiger partial charge in [-0.05, 0) is 42.7 Å². The smallest absolute Gasteiger partial charge is 0.335 e. The van der Waals surface area contributed by atoms with Crippen LogP contribution in [-0.2, 0) is 11.2 Å². The standard InChI is InChI=1S/C19H20ClNO3/c1-13(15-7-5-8-16(20)12-15)21(2)18(22)11-10-14-6-3-4-9-17(14)19(23)24/h3-9,12-13H,10-11H2,1-2H3,(H,23,24). The molecule has 0 spiro atoms. The second kappa shape index (κ2) is 7.97. The second-order valence-electron chi connectivity index (χ2n) is 5.70. The lowest BCUT2D eigenvalue weighted by Gasteiger charge is -2.25. The van der Waals surface area contributed by atoms with Gasteiger partial charge in [-0.1, -0.05) is 41.9 Å². The molecule has 0 aromatic heterocycles. The molecule has 0 aliphatic heterocycles. The van der Waals surface area contributed by atoms with Crippen molar-refractivity contribution >= 4 is 23.5 Å². The molecule has 126 valence electrons. The summed E-state index contributed by atoms with van der Waals surface area (Å²) in [6, 6.07) is 14.1. The Labute approximate surface area is 146 Å². The molecule has 0 aliphatic carbocycles. The van der Waals surface area contributed by atoms with E-state index in [1.165, 1.54) is 0 Å². The molecule has 0 bridgehead atoms. The van der Waals surface area contributed by atoms with E-state index in [0.717, 1.165) is 5.56 Å².